The number of aryl methyl sites for hydroxylation is 2. The third kappa shape index (κ3) is 3.27. The highest BCUT2D eigenvalue weighted by Gasteiger charge is 2.21. The van der Waals surface area contributed by atoms with E-state index >= 15 is 0 Å². The van der Waals surface area contributed by atoms with Crippen molar-refractivity contribution >= 4 is 39.0 Å². The van der Waals surface area contributed by atoms with E-state index in [4.69, 9.17) is 0 Å². The molecule has 6 nitrogen and oxygen atoms in total. The zero-order valence-electron chi connectivity index (χ0n) is 16.1. The molecule has 0 amide bonds. The Morgan fingerprint density at radius 2 is 1.83 bits per heavy atom. The summed E-state index contributed by atoms with van der Waals surface area (Å²) in [6.45, 7) is 5.72. The molecule has 0 fully saturated rings. The third-order valence-electron chi connectivity index (χ3n) is 5.08. The van der Waals surface area contributed by atoms with Crippen LogP contribution in [0.5, 0.6) is 5.88 Å². The maximum atomic E-state index is 12.5. The van der Waals surface area contributed by atoms with Gasteiger partial charge < -0.3 is 5.11 Å². The molecule has 1 aliphatic rings. The maximum absolute atomic E-state index is 12.5. The highest BCUT2D eigenvalue weighted by molar-refractivity contribution is 9.10. The number of H-pyrrole nitrogens is 1. The van der Waals surface area contributed by atoms with Crippen molar-refractivity contribution in [2.75, 3.05) is 0 Å². The molecule has 0 aliphatic carbocycles. The Morgan fingerprint density at radius 3 is 2.55 bits per heavy atom. The summed E-state index contributed by atoms with van der Waals surface area (Å²) < 4.78 is 1.98. The van der Waals surface area contributed by atoms with Crippen LogP contribution in [0.1, 0.15) is 29.2 Å². The van der Waals surface area contributed by atoms with Crippen LogP contribution in [0.25, 0.3) is 17.3 Å². The largest absolute Gasteiger partial charge is 0.494 e. The van der Waals surface area contributed by atoms with E-state index in [0.717, 1.165) is 37.1 Å². The quantitative estimate of drug-likeness (QED) is 0.609. The van der Waals surface area contributed by atoms with Crippen molar-refractivity contribution < 1.29 is 5.11 Å². The van der Waals surface area contributed by atoms with Crippen LogP contribution in [0.2, 0.25) is 0 Å². The Morgan fingerprint density at radius 1 is 1.07 bits per heavy atom. The van der Waals surface area contributed by atoms with Gasteiger partial charge in [-0.15, -0.1) is 0 Å². The van der Waals surface area contributed by atoms with Crippen LogP contribution in [0.15, 0.2) is 55.5 Å². The lowest BCUT2D eigenvalue weighted by Gasteiger charge is -2.12. The standard InChI is InChI=1S/C22H18BrN3O3/c1-11-4-6-15(8-12(11)2)26-21(28)18(20(27)25-22(26)29)10-16-13(3)24-19-7-5-14(23)9-17(16)19/h4-10,28H,1-3H3,(H,25,27,29). The maximum Gasteiger partial charge on any atom is 0.335 e. The number of rotatable bonds is 2. The van der Waals surface area contributed by atoms with Crippen LogP contribution in [0.4, 0.5) is 5.69 Å². The van der Waals surface area contributed by atoms with Crippen LogP contribution in [0.3, 0.4) is 0 Å². The van der Waals surface area contributed by atoms with Gasteiger partial charge in [0.15, 0.2) is 0 Å². The number of benzene rings is 2. The topological polar surface area (TPSA) is 87.4 Å². The second kappa shape index (κ2) is 7.00. The molecule has 3 aromatic rings. The average Bonchev–Trinajstić information content (AvgIpc) is 2.96. The molecule has 1 aromatic heterocycles. The van der Waals surface area contributed by atoms with Crippen molar-refractivity contribution in [2.45, 2.75) is 20.8 Å². The number of hydrogen-bond acceptors (Lipinski definition) is 4. The molecule has 29 heavy (non-hydrogen) atoms. The molecule has 1 aliphatic heterocycles. The van der Waals surface area contributed by atoms with E-state index in [9.17, 15) is 14.7 Å². The smallest absolute Gasteiger partial charge is 0.335 e. The fourth-order valence-corrected chi connectivity index (χ4v) is 3.72. The van der Waals surface area contributed by atoms with Crippen molar-refractivity contribution in [3.05, 3.63) is 84.0 Å². The summed E-state index contributed by atoms with van der Waals surface area (Å²) in [5.41, 5.74) is 4.23. The van der Waals surface area contributed by atoms with E-state index in [0.29, 0.717) is 11.3 Å². The van der Waals surface area contributed by atoms with Gasteiger partial charge in [0.05, 0.1) is 11.4 Å². The summed E-state index contributed by atoms with van der Waals surface area (Å²) >= 11 is 3.45. The molecule has 0 unspecified atom stereocenters. The van der Waals surface area contributed by atoms with Gasteiger partial charge in [-0.1, -0.05) is 22.0 Å². The van der Waals surface area contributed by atoms with Gasteiger partial charge in [0.1, 0.15) is 5.56 Å². The first-order chi connectivity index (χ1) is 13.8. The lowest BCUT2D eigenvalue weighted by Crippen LogP contribution is -2.30. The van der Waals surface area contributed by atoms with Crippen molar-refractivity contribution in [1.29, 1.82) is 0 Å². The minimum Gasteiger partial charge on any atom is -0.494 e. The number of allylic oxidation sites excluding steroid dienone is 1. The zero-order chi connectivity index (χ0) is 20.9. The van der Waals surface area contributed by atoms with E-state index < -0.39 is 17.1 Å². The molecule has 2 N–H and O–H groups in total. The van der Waals surface area contributed by atoms with Gasteiger partial charge in [0, 0.05) is 21.3 Å². The molecular weight excluding hydrogens is 434 g/mol. The molecule has 2 heterocycles. The number of nitrogens with one attached hydrogen (secondary N) is 1. The van der Waals surface area contributed by atoms with Gasteiger partial charge in [-0.05, 0) is 68.3 Å². The predicted molar refractivity (Wildman–Crippen MR) is 119 cm³/mol. The van der Waals surface area contributed by atoms with E-state index in [2.05, 4.69) is 25.9 Å². The molecule has 0 saturated heterocycles. The first-order valence-electron chi connectivity index (χ1n) is 8.99. The van der Waals surface area contributed by atoms with Crippen LogP contribution in [-0.4, -0.2) is 20.4 Å². The first kappa shape index (κ1) is 19.1. The molecule has 0 bridgehead atoms. The number of aromatic nitrogens is 2. The van der Waals surface area contributed by atoms with Crippen LogP contribution in [-0.2, 0) is 0 Å². The lowest BCUT2D eigenvalue weighted by atomic mass is 10.0. The molecule has 146 valence electrons. The minimum absolute atomic E-state index is 0.000188. The Kier molecular flexibility index (Phi) is 4.62. The van der Waals surface area contributed by atoms with E-state index in [-0.39, 0.29) is 5.56 Å². The third-order valence-corrected chi connectivity index (χ3v) is 5.58. The van der Waals surface area contributed by atoms with E-state index in [1.807, 2.05) is 45.0 Å². The number of nitrogens with zero attached hydrogens (tertiary/aromatic N) is 2. The van der Waals surface area contributed by atoms with Crippen molar-refractivity contribution in [3.8, 4) is 11.6 Å². The molecule has 0 radical (unpaired) electrons. The number of halogens is 1. The van der Waals surface area contributed by atoms with Gasteiger partial charge in [-0.25, -0.2) is 9.36 Å². The summed E-state index contributed by atoms with van der Waals surface area (Å²) in [6, 6.07) is 11.1. The number of fused-ring (bicyclic) bond motifs is 1. The highest BCUT2D eigenvalue weighted by atomic mass is 79.9. The summed E-state index contributed by atoms with van der Waals surface area (Å²) in [5.74, 6) is -0.411. The van der Waals surface area contributed by atoms with Gasteiger partial charge in [-0.3, -0.25) is 14.8 Å². The molecule has 2 aromatic carbocycles. The SMILES string of the molecule is CC1=Nc2ccc(Br)cc2C1=Cc1c(O)n(-c2ccc(C)c(C)c2)c(=O)[nH]c1=O. The monoisotopic (exact) mass is 451 g/mol. The van der Waals surface area contributed by atoms with E-state index in [1.54, 1.807) is 18.2 Å². The van der Waals surface area contributed by atoms with E-state index in [1.165, 1.54) is 0 Å². The van der Waals surface area contributed by atoms with Crippen molar-refractivity contribution in [1.82, 2.24) is 9.55 Å². The zero-order valence-corrected chi connectivity index (χ0v) is 17.7. The Bertz CT molecular complexity index is 1350. The summed E-state index contributed by atoms with van der Waals surface area (Å²) in [5, 5.41) is 10.9. The summed E-state index contributed by atoms with van der Waals surface area (Å²) in [6.07, 6.45) is 1.57. The van der Waals surface area contributed by atoms with Crippen molar-refractivity contribution in [2.24, 2.45) is 4.99 Å². The molecule has 0 spiro atoms. The highest BCUT2D eigenvalue weighted by Crippen LogP contribution is 2.38. The second-order valence-corrected chi connectivity index (χ2v) is 7.93. The number of hydrogen-bond donors (Lipinski definition) is 2. The molecule has 4 rings (SSSR count). The Balaban J connectivity index is 1.95. The van der Waals surface area contributed by atoms with Crippen LogP contribution < -0.4 is 11.2 Å². The fraction of sp³-hybridized carbons (Fsp3) is 0.136. The Labute approximate surface area is 175 Å². The van der Waals surface area contributed by atoms with Crippen LogP contribution in [0, 0.1) is 13.8 Å². The molecule has 0 saturated carbocycles. The second-order valence-electron chi connectivity index (χ2n) is 7.02. The average molecular weight is 452 g/mol. The number of aromatic hydroxyl groups is 1. The molecule has 7 heteroatoms. The number of aromatic amines is 1. The normalized spacial score (nSPS) is 14.2. The lowest BCUT2D eigenvalue weighted by molar-refractivity contribution is 0.429. The van der Waals surface area contributed by atoms with Gasteiger partial charge in [0.25, 0.3) is 5.56 Å². The first-order valence-corrected chi connectivity index (χ1v) is 9.79. The molecular formula is C22H18BrN3O3. The summed E-state index contributed by atoms with van der Waals surface area (Å²) in [4.78, 5) is 31.8. The fourth-order valence-electron chi connectivity index (χ4n) is 3.36. The number of aliphatic imine (C=N–C) groups is 1. The molecule has 0 atom stereocenters. The minimum atomic E-state index is -0.696. The van der Waals surface area contributed by atoms with Gasteiger partial charge in [0.2, 0.25) is 5.88 Å². The predicted octanol–water partition coefficient (Wildman–Crippen LogP) is 4.26. The van der Waals surface area contributed by atoms with Crippen molar-refractivity contribution in [3.63, 3.8) is 0 Å². The van der Waals surface area contributed by atoms with Gasteiger partial charge in [-0.2, -0.15) is 0 Å². The van der Waals surface area contributed by atoms with Gasteiger partial charge >= 0.3 is 5.69 Å². The Hall–Kier alpha value is -3.19. The summed E-state index contributed by atoms with van der Waals surface area (Å²) in [7, 11) is 0. The van der Waals surface area contributed by atoms with Crippen LogP contribution >= 0.6 is 15.9 Å².